The average molecular weight is 273 g/mol. The monoisotopic (exact) mass is 273 g/mol. The number of hydrogen-bond acceptors (Lipinski definition) is 4. The maximum absolute atomic E-state index is 11.4. The van der Waals surface area contributed by atoms with Gasteiger partial charge in [0.05, 0.1) is 17.1 Å². The molecule has 1 atom stereocenters. The third-order valence-corrected chi connectivity index (χ3v) is 4.91. The molecule has 0 spiro atoms. The summed E-state index contributed by atoms with van der Waals surface area (Å²) in [6, 6.07) is 1.86. The Bertz CT molecular complexity index is 480. The minimum absolute atomic E-state index is 0.144. The number of sulfone groups is 1. The first-order chi connectivity index (χ1) is 8.39. The Kier molecular flexibility index (Phi) is 5.34. The maximum atomic E-state index is 11.4. The molecule has 1 aromatic rings. The average Bonchev–Trinajstić information content (AvgIpc) is 2.70. The Morgan fingerprint density at radius 2 is 2.11 bits per heavy atom. The lowest BCUT2D eigenvalue weighted by Gasteiger charge is -2.11. The van der Waals surface area contributed by atoms with Crippen molar-refractivity contribution < 1.29 is 8.42 Å². The molecule has 0 amide bonds. The van der Waals surface area contributed by atoms with Gasteiger partial charge in [-0.05, 0) is 25.3 Å². The quantitative estimate of drug-likeness (QED) is 0.809. The number of nitrogens with two attached hydrogens (primary N) is 1. The third-order valence-electron chi connectivity index (χ3n) is 3.12. The first-order valence-corrected chi connectivity index (χ1v) is 8.20. The van der Waals surface area contributed by atoms with Gasteiger partial charge in [-0.25, -0.2) is 8.42 Å². The molecule has 1 aromatic heterocycles. The molecule has 5 nitrogen and oxygen atoms in total. The zero-order chi connectivity index (χ0) is 13.8. The van der Waals surface area contributed by atoms with Crippen molar-refractivity contribution in [3.63, 3.8) is 0 Å². The van der Waals surface area contributed by atoms with Gasteiger partial charge in [0.25, 0.3) is 0 Å². The molecule has 0 aliphatic carbocycles. The second kappa shape index (κ2) is 6.33. The SMILES string of the molecule is CCc1cc(C(N)CCCS(=O)(=O)CC)n(C)n1. The lowest BCUT2D eigenvalue weighted by Crippen LogP contribution is -2.17. The van der Waals surface area contributed by atoms with E-state index < -0.39 is 9.84 Å². The predicted molar refractivity (Wildman–Crippen MR) is 73.1 cm³/mol. The van der Waals surface area contributed by atoms with Crippen LogP contribution < -0.4 is 5.73 Å². The number of nitrogens with zero attached hydrogens (tertiary/aromatic N) is 2. The Labute approximate surface area is 109 Å². The molecule has 18 heavy (non-hydrogen) atoms. The van der Waals surface area contributed by atoms with Gasteiger partial charge in [-0.2, -0.15) is 5.10 Å². The minimum atomic E-state index is -2.88. The molecule has 0 aliphatic rings. The van der Waals surface area contributed by atoms with Crippen LogP contribution in [0.2, 0.25) is 0 Å². The highest BCUT2D eigenvalue weighted by Crippen LogP contribution is 2.17. The van der Waals surface area contributed by atoms with Gasteiger partial charge in [0.15, 0.2) is 0 Å². The van der Waals surface area contributed by atoms with Crippen LogP contribution in [0.3, 0.4) is 0 Å². The molecule has 104 valence electrons. The van der Waals surface area contributed by atoms with Gasteiger partial charge >= 0.3 is 0 Å². The van der Waals surface area contributed by atoms with Crippen LogP contribution in [0.5, 0.6) is 0 Å². The van der Waals surface area contributed by atoms with E-state index in [4.69, 9.17) is 5.73 Å². The fraction of sp³-hybridized carbons (Fsp3) is 0.750. The summed E-state index contributed by atoms with van der Waals surface area (Å²) < 4.78 is 24.5. The largest absolute Gasteiger partial charge is 0.323 e. The second-order valence-electron chi connectivity index (χ2n) is 4.52. The van der Waals surface area contributed by atoms with Crippen molar-refractivity contribution in [1.29, 1.82) is 0 Å². The van der Waals surface area contributed by atoms with Gasteiger partial charge in [-0.3, -0.25) is 4.68 Å². The van der Waals surface area contributed by atoms with Crippen molar-refractivity contribution in [2.45, 2.75) is 39.2 Å². The normalized spacial score (nSPS) is 13.8. The smallest absolute Gasteiger partial charge is 0.150 e. The summed E-state index contributed by atoms with van der Waals surface area (Å²) >= 11 is 0. The van der Waals surface area contributed by atoms with E-state index in [9.17, 15) is 8.42 Å². The fourth-order valence-corrected chi connectivity index (χ4v) is 2.77. The standard InChI is InChI=1S/C12H23N3O2S/c1-4-10-9-12(15(3)14-10)11(13)7-6-8-18(16,17)5-2/h9,11H,4-8,13H2,1-3H3. The van der Waals surface area contributed by atoms with Crippen molar-refractivity contribution in [2.75, 3.05) is 11.5 Å². The summed E-state index contributed by atoms with van der Waals surface area (Å²) in [7, 11) is -1.01. The zero-order valence-electron chi connectivity index (χ0n) is 11.4. The molecule has 0 bridgehead atoms. The van der Waals surface area contributed by atoms with Crippen LogP contribution in [-0.2, 0) is 23.3 Å². The summed E-state index contributed by atoms with van der Waals surface area (Å²) in [6.07, 6.45) is 2.15. The summed E-state index contributed by atoms with van der Waals surface area (Å²) in [6.45, 7) is 3.72. The van der Waals surface area contributed by atoms with Crippen LogP contribution in [0.15, 0.2) is 6.07 Å². The highest BCUT2D eigenvalue weighted by atomic mass is 32.2. The second-order valence-corrected chi connectivity index (χ2v) is 7.00. The van der Waals surface area contributed by atoms with Crippen LogP contribution >= 0.6 is 0 Å². The van der Waals surface area contributed by atoms with Crippen molar-refractivity contribution in [3.8, 4) is 0 Å². The number of hydrogen-bond donors (Lipinski definition) is 1. The number of aromatic nitrogens is 2. The van der Waals surface area contributed by atoms with Gasteiger partial charge in [0.2, 0.25) is 0 Å². The van der Waals surface area contributed by atoms with Crippen molar-refractivity contribution >= 4 is 9.84 Å². The predicted octanol–water partition coefficient (Wildman–Crippen LogP) is 1.20. The Balaban J connectivity index is 2.55. The highest BCUT2D eigenvalue weighted by molar-refractivity contribution is 7.91. The minimum Gasteiger partial charge on any atom is -0.323 e. The molecule has 0 saturated heterocycles. The van der Waals surface area contributed by atoms with Crippen molar-refractivity contribution in [1.82, 2.24) is 9.78 Å². The molecule has 0 aliphatic heterocycles. The summed E-state index contributed by atoms with van der Waals surface area (Å²) in [5.74, 6) is 0.420. The summed E-state index contributed by atoms with van der Waals surface area (Å²) in [5.41, 5.74) is 8.07. The maximum Gasteiger partial charge on any atom is 0.150 e. The fourth-order valence-electron chi connectivity index (χ4n) is 1.88. The van der Waals surface area contributed by atoms with E-state index in [-0.39, 0.29) is 17.5 Å². The van der Waals surface area contributed by atoms with E-state index >= 15 is 0 Å². The Hall–Kier alpha value is -0.880. The topological polar surface area (TPSA) is 78.0 Å². The molecule has 0 radical (unpaired) electrons. The molecule has 0 aromatic carbocycles. The van der Waals surface area contributed by atoms with Crippen LogP contribution in [0.4, 0.5) is 0 Å². The highest BCUT2D eigenvalue weighted by Gasteiger charge is 2.14. The van der Waals surface area contributed by atoms with E-state index in [0.29, 0.717) is 12.8 Å². The first kappa shape index (κ1) is 15.2. The molecule has 1 rings (SSSR count). The van der Waals surface area contributed by atoms with Crippen molar-refractivity contribution in [2.24, 2.45) is 12.8 Å². The van der Waals surface area contributed by atoms with Crippen LogP contribution in [0, 0.1) is 0 Å². The molecule has 6 heteroatoms. The molecular weight excluding hydrogens is 250 g/mol. The Morgan fingerprint density at radius 3 is 2.61 bits per heavy atom. The van der Waals surface area contributed by atoms with Gasteiger partial charge in [0.1, 0.15) is 9.84 Å². The van der Waals surface area contributed by atoms with Gasteiger partial charge in [0, 0.05) is 18.8 Å². The number of aryl methyl sites for hydroxylation is 2. The number of rotatable bonds is 7. The third kappa shape index (κ3) is 4.10. The van der Waals surface area contributed by atoms with Crippen LogP contribution in [-0.4, -0.2) is 29.7 Å². The molecule has 0 saturated carbocycles. The van der Waals surface area contributed by atoms with Crippen LogP contribution in [0.1, 0.15) is 44.1 Å². The van der Waals surface area contributed by atoms with Crippen molar-refractivity contribution in [3.05, 3.63) is 17.5 Å². The zero-order valence-corrected chi connectivity index (χ0v) is 12.2. The van der Waals surface area contributed by atoms with E-state index in [1.165, 1.54) is 0 Å². The molecule has 2 N–H and O–H groups in total. The van der Waals surface area contributed by atoms with E-state index in [1.807, 2.05) is 20.0 Å². The summed E-state index contributed by atoms with van der Waals surface area (Å²) in [4.78, 5) is 0. The van der Waals surface area contributed by atoms with Gasteiger partial charge < -0.3 is 5.73 Å². The van der Waals surface area contributed by atoms with E-state index in [2.05, 4.69) is 5.10 Å². The molecule has 1 heterocycles. The first-order valence-electron chi connectivity index (χ1n) is 6.38. The van der Waals surface area contributed by atoms with E-state index in [1.54, 1.807) is 11.6 Å². The summed E-state index contributed by atoms with van der Waals surface area (Å²) in [5, 5.41) is 4.34. The van der Waals surface area contributed by atoms with Crippen LogP contribution in [0.25, 0.3) is 0 Å². The van der Waals surface area contributed by atoms with Gasteiger partial charge in [-0.15, -0.1) is 0 Å². The molecule has 0 fully saturated rings. The van der Waals surface area contributed by atoms with E-state index in [0.717, 1.165) is 17.8 Å². The molecular formula is C12H23N3O2S. The Morgan fingerprint density at radius 1 is 1.44 bits per heavy atom. The van der Waals surface area contributed by atoms with Gasteiger partial charge in [-0.1, -0.05) is 13.8 Å². The molecule has 1 unspecified atom stereocenters. The lowest BCUT2D eigenvalue weighted by molar-refractivity contribution is 0.562. The lowest BCUT2D eigenvalue weighted by atomic mass is 10.1.